The molecule has 0 aliphatic carbocycles. The summed E-state index contributed by atoms with van der Waals surface area (Å²) in [6.07, 6.45) is 7.46. The number of ketones is 1. The normalized spacial score (nSPS) is 10.6. The van der Waals surface area contributed by atoms with Crippen LogP contribution in [0.3, 0.4) is 0 Å². The molecule has 152 valence electrons. The third-order valence-electron chi connectivity index (χ3n) is 4.07. The Labute approximate surface area is 173 Å². The van der Waals surface area contributed by atoms with E-state index in [0.29, 0.717) is 37.6 Å². The molecule has 4 nitrogen and oxygen atoms in total. The number of allylic oxidation sites excluding steroid dienone is 2. The first-order valence-electron chi connectivity index (χ1n) is 9.72. The van der Waals surface area contributed by atoms with Crippen molar-refractivity contribution in [2.45, 2.75) is 20.3 Å². The molecule has 2 aromatic carbocycles. The molecule has 0 saturated heterocycles. The Hall–Kier alpha value is -3.27. The van der Waals surface area contributed by atoms with Gasteiger partial charge in [-0.3, -0.25) is 4.79 Å². The van der Waals surface area contributed by atoms with Gasteiger partial charge in [0.2, 0.25) is 0 Å². The van der Waals surface area contributed by atoms with Crippen molar-refractivity contribution in [1.82, 2.24) is 0 Å². The predicted octanol–water partition coefficient (Wildman–Crippen LogP) is 5.67. The van der Waals surface area contributed by atoms with Crippen LogP contribution < -0.4 is 14.2 Å². The van der Waals surface area contributed by atoms with Crippen molar-refractivity contribution in [3.05, 3.63) is 84.5 Å². The Bertz CT molecular complexity index is 836. The fourth-order valence-electron chi connectivity index (χ4n) is 2.79. The van der Waals surface area contributed by atoms with Gasteiger partial charge in [0.25, 0.3) is 0 Å². The average molecular weight is 392 g/mol. The summed E-state index contributed by atoms with van der Waals surface area (Å²) in [7, 11) is 0. The van der Waals surface area contributed by atoms with Gasteiger partial charge in [-0.15, -0.1) is 6.58 Å². The maximum absolute atomic E-state index is 12.5. The highest BCUT2D eigenvalue weighted by Gasteiger charge is 2.12. The number of rotatable bonds is 12. The van der Waals surface area contributed by atoms with Crippen molar-refractivity contribution in [2.24, 2.45) is 0 Å². The van der Waals surface area contributed by atoms with Crippen LogP contribution in [-0.2, 0) is 6.42 Å². The summed E-state index contributed by atoms with van der Waals surface area (Å²) in [5, 5.41) is 0. The summed E-state index contributed by atoms with van der Waals surface area (Å²) >= 11 is 0. The molecule has 4 heteroatoms. The van der Waals surface area contributed by atoms with Gasteiger partial charge in [0.1, 0.15) is 23.9 Å². The van der Waals surface area contributed by atoms with Crippen molar-refractivity contribution in [1.29, 1.82) is 0 Å². The van der Waals surface area contributed by atoms with Crippen LogP contribution in [0.5, 0.6) is 17.2 Å². The molecular formula is C25H28O4. The Morgan fingerprint density at radius 3 is 2.07 bits per heavy atom. The van der Waals surface area contributed by atoms with E-state index >= 15 is 0 Å². The molecular weight excluding hydrogens is 364 g/mol. The zero-order valence-corrected chi connectivity index (χ0v) is 17.1. The quantitative estimate of drug-likeness (QED) is 0.265. The van der Waals surface area contributed by atoms with Crippen LogP contribution in [-0.4, -0.2) is 25.6 Å². The molecule has 0 N–H and O–H groups in total. The van der Waals surface area contributed by atoms with Crippen LogP contribution in [0, 0.1) is 0 Å². The molecule has 0 fully saturated rings. The maximum atomic E-state index is 12.5. The molecule has 0 unspecified atom stereocenters. The SMILES string of the molecule is C=CCOc1ccc(C(=O)/C=C/c2cc(OCC)c(CC=C)c(OCC)c2)cc1. The molecule has 0 heterocycles. The van der Waals surface area contributed by atoms with Crippen molar-refractivity contribution in [2.75, 3.05) is 19.8 Å². The van der Waals surface area contributed by atoms with Crippen LogP contribution in [0.4, 0.5) is 0 Å². The van der Waals surface area contributed by atoms with Gasteiger partial charge >= 0.3 is 0 Å². The van der Waals surface area contributed by atoms with Crippen LogP contribution >= 0.6 is 0 Å². The van der Waals surface area contributed by atoms with E-state index in [4.69, 9.17) is 14.2 Å². The highest BCUT2D eigenvalue weighted by atomic mass is 16.5. The fraction of sp³-hybridized carbons (Fsp3) is 0.240. The first-order valence-corrected chi connectivity index (χ1v) is 9.72. The van der Waals surface area contributed by atoms with E-state index in [0.717, 1.165) is 22.6 Å². The second-order valence-electron chi connectivity index (χ2n) is 6.18. The summed E-state index contributed by atoms with van der Waals surface area (Å²) in [5.74, 6) is 2.10. The van der Waals surface area contributed by atoms with E-state index in [1.165, 1.54) is 0 Å². The highest BCUT2D eigenvalue weighted by molar-refractivity contribution is 6.06. The number of carbonyl (C=O) groups excluding carboxylic acids is 1. The summed E-state index contributed by atoms with van der Waals surface area (Å²) in [5.41, 5.74) is 2.39. The van der Waals surface area contributed by atoms with Gasteiger partial charge in [-0.2, -0.15) is 0 Å². The van der Waals surface area contributed by atoms with E-state index in [1.54, 1.807) is 42.5 Å². The predicted molar refractivity (Wildman–Crippen MR) is 118 cm³/mol. The van der Waals surface area contributed by atoms with Gasteiger partial charge in [-0.1, -0.05) is 24.8 Å². The standard InChI is InChI=1S/C25H28O4/c1-5-9-22-24(27-7-3)17-19(18-25(22)28-8-4)10-15-23(26)20-11-13-21(14-12-20)29-16-6-2/h5-6,10-15,17-18H,1-2,7-9,16H2,3-4H3/b15-10+. The molecule has 2 aromatic rings. The van der Waals surface area contributed by atoms with Crippen molar-refractivity contribution < 1.29 is 19.0 Å². The molecule has 29 heavy (non-hydrogen) atoms. The Morgan fingerprint density at radius 2 is 1.55 bits per heavy atom. The molecule has 0 radical (unpaired) electrons. The minimum Gasteiger partial charge on any atom is -0.493 e. The van der Waals surface area contributed by atoms with E-state index in [9.17, 15) is 4.79 Å². The zero-order valence-electron chi connectivity index (χ0n) is 17.1. The van der Waals surface area contributed by atoms with Gasteiger partial charge in [0.15, 0.2) is 5.78 Å². The second kappa shape index (κ2) is 11.5. The van der Waals surface area contributed by atoms with E-state index in [1.807, 2.05) is 32.1 Å². The lowest BCUT2D eigenvalue weighted by molar-refractivity contribution is 0.104. The van der Waals surface area contributed by atoms with Crippen molar-refractivity contribution in [3.63, 3.8) is 0 Å². The first kappa shape index (κ1) is 22.0. The molecule has 2 rings (SSSR count). The average Bonchev–Trinajstić information content (AvgIpc) is 2.73. The zero-order chi connectivity index (χ0) is 21.1. The van der Waals surface area contributed by atoms with Gasteiger partial charge in [-0.25, -0.2) is 0 Å². The number of carbonyl (C=O) groups is 1. The van der Waals surface area contributed by atoms with E-state index in [-0.39, 0.29) is 5.78 Å². The third kappa shape index (κ3) is 6.39. The molecule has 0 spiro atoms. The first-order chi connectivity index (χ1) is 14.1. The Balaban J connectivity index is 2.24. The minimum atomic E-state index is -0.0913. The maximum Gasteiger partial charge on any atom is 0.185 e. The highest BCUT2D eigenvalue weighted by Crippen LogP contribution is 2.32. The smallest absolute Gasteiger partial charge is 0.185 e. The lowest BCUT2D eigenvalue weighted by Crippen LogP contribution is -2.02. The monoisotopic (exact) mass is 392 g/mol. The number of ether oxygens (including phenoxy) is 3. The molecule has 0 atom stereocenters. The summed E-state index contributed by atoms with van der Waals surface area (Å²) in [4.78, 5) is 12.5. The molecule has 0 aromatic heterocycles. The van der Waals surface area contributed by atoms with Crippen LogP contribution in [0.2, 0.25) is 0 Å². The van der Waals surface area contributed by atoms with Gasteiger partial charge < -0.3 is 14.2 Å². The van der Waals surface area contributed by atoms with Crippen molar-refractivity contribution >= 4 is 11.9 Å². The number of benzene rings is 2. The van der Waals surface area contributed by atoms with Crippen LogP contribution in [0.15, 0.2) is 67.8 Å². The lowest BCUT2D eigenvalue weighted by Gasteiger charge is -2.15. The van der Waals surface area contributed by atoms with Gasteiger partial charge in [0.05, 0.1) is 13.2 Å². The fourth-order valence-corrected chi connectivity index (χ4v) is 2.79. The number of hydrogen-bond donors (Lipinski definition) is 0. The van der Waals surface area contributed by atoms with Crippen LogP contribution in [0.25, 0.3) is 6.08 Å². The minimum absolute atomic E-state index is 0.0913. The summed E-state index contributed by atoms with van der Waals surface area (Å²) < 4.78 is 17.0. The molecule has 0 aliphatic rings. The van der Waals surface area contributed by atoms with Gasteiger partial charge in [0, 0.05) is 11.1 Å². The Morgan fingerprint density at radius 1 is 0.931 bits per heavy atom. The lowest BCUT2D eigenvalue weighted by atomic mass is 10.0. The van der Waals surface area contributed by atoms with Crippen LogP contribution in [0.1, 0.15) is 35.3 Å². The second-order valence-corrected chi connectivity index (χ2v) is 6.18. The van der Waals surface area contributed by atoms with Gasteiger partial charge in [-0.05, 0) is 68.3 Å². The van der Waals surface area contributed by atoms with E-state index in [2.05, 4.69) is 13.2 Å². The molecule has 0 aliphatic heterocycles. The van der Waals surface area contributed by atoms with E-state index < -0.39 is 0 Å². The Kier molecular flexibility index (Phi) is 8.77. The van der Waals surface area contributed by atoms with Crippen molar-refractivity contribution in [3.8, 4) is 17.2 Å². The molecule has 0 bridgehead atoms. The summed E-state index contributed by atoms with van der Waals surface area (Å²) in [6.45, 7) is 12.8. The molecule has 0 amide bonds. The largest absolute Gasteiger partial charge is 0.493 e. The summed E-state index contributed by atoms with van der Waals surface area (Å²) in [6, 6.07) is 10.9. The number of hydrogen-bond acceptors (Lipinski definition) is 4. The topological polar surface area (TPSA) is 44.8 Å². The third-order valence-corrected chi connectivity index (χ3v) is 4.07. The molecule has 0 saturated carbocycles.